The van der Waals surface area contributed by atoms with Gasteiger partial charge < -0.3 is 14.8 Å². The Kier molecular flexibility index (Phi) is 5.73. The minimum absolute atomic E-state index is 0.0959. The lowest BCUT2D eigenvalue weighted by Crippen LogP contribution is -2.43. The smallest absolute Gasteiger partial charge is 0.234 e. The number of carbonyl (C=O) groups excluding carboxylic acids is 1. The third-order valence-corrected chi connectivity index (χ3v) is 4.24. The molecule has 0 radical (unpaired) electrons. The first-order chi connectivity index (χ1) is 12.5. The number of carbonyl (C=O) groups is 1. The molecule has 1 aliphatic rings. The van der Waals surface area contributed by atoms with Crippen LogP contribution in [0.5, 0.6) is 11.5 Å². The van der Waals surface area contributed by atoms with Crippen molar-refractivity contribution in [3.63, 3.8) is 0 Å². The summed E-state index contributed by atoms with van der Waals surface area (Å²) in [5.41, 5.74) is 0.864. The average Bonchev–Trinajstić information content (AvgIpc) is 2.61. The summed E-state index contributed by atoms with van der Waals surface area (Å²) < 4.78 is 24.6. The molecule has 0 aliphatic carbocycles. The predicted molar refractivity (Wildman–Crippen MR) is 96.8 cm³/mol. The molecule has 2 aromatic carbocycles. The predicted octanol–water partition coefficient (Wildman–Crippen LogP) is 2.77. The lowest BCUT2D eigenvalue weighted by Gasteiger charge is -2.29. The van der Waals surface area contributed by atoms with Crippen LogP contribution < -0.4 is 14.8 Å². The van der Waals surface area contributed by atoms with E-state index in [0.29, 0.717) is 13.2 Å². The normalized spacial score (nSPS) is 17.0. The largest absolute Gasteiger partial charge is 0.486 e. The summed E-state index contributed by atoms with van der Waals surface area (Å²) in [6.07, 6.45) is -0.128. The number of likely N-dealkylation sites (N-methyl/N-ethyl adjacent to an activating group) is 1. The number of benzene rings is 2. The molecule has 0 saturated heterocycles. The summed E-state index contributed by atoms with van der Waals surface area (Å²) in [7, 11) is 1.87. The SMILES string of the molecule is CC(NC(=O)CN(C)CC1COc2ccccc2O1)c1ccc(F)cc1. The Morgan fingerprint density at radius 2 is 1.92 bits per heavy atom. The molecule has 6 heteroatoms. The first kappa shape index (κ1) is 18.2. The molecule has 138 valence electrons. The van der Waals surface area contributed by atoms with Gasteiger partial charge in [-0.05, 0) is 43.8 Å². The average molecular weight is 358 g/mol. The molecule has 2 atom stereocenters. The van der Waals surface area contributed by atoms with Gasteiger partial charge in [0.1, 0.15) is 18.5 Å². The Morgan fingerprint density at radius 3 is 2.65 bits per heavy atom. The van der Waals surface area contributed by atoms with E-state index < -0.39 is 0 Å². The number of rotatable bonds is 6. The quantitative estimate of drug-likeness (QED) is 0.863. The minimum atomic E-state index is -0.289. The summed E-state index contributed by atoms with van der Waals surface area (Å²) >= 11 is 0. The van der Waals surface area contributed by atoms with Crippen molar-refractivity contribution in [3.8, 4) is 11.5 Å². The standard InChI is InChI=1S/C20H23FN2O3/c1-14(15-7-9-16(21)10-8-15)22-20(24)12-23(2)11-17-13-25-18-5-3-4-6-19(18)26-17/h3-10,14,17H,11-13H2,1-2H3,(H,22,24). The van der Waals surface area contributed by atoms with E-state index in [9.17, 15) is 9.18 Å². The Morgan fingerprint density at radius 1 is 1.23 bits per heavy atom. The molecule has 0 aromatic heterocycles. The molecular weight excluding hydrogens is 335 g/mol. The Balaban J connectivity index is 1.46. The van der Waals surface area contributed by atoms with Gasteiger partial charge >= 0.3 is 0 Å². The van der Waals surface area contributed by atoms with Crippen molar-refractivity contribution in [2.75, 3.05) is 26.7 Å². The van der Waals surface area contributed by atoms with Gasteiger partial charge in [-0.3, -0.25) is 9.69 Å². The molecule has 5 nitrogen and oxygen atoms in total. The molecule has 0 fully saturated rings. The first-order valence-corrected chi connectivity index (χ1v) is 8.63. The molecular formula is C20H23FN2O3. The number of nitrogens with zero attached hydrogens (tertiary/aromatic N) is 1. The maximum atomic E-state index is 13.0. The molecule has 1 amide bonds. The Bertz CT molecular complexity index is 751. The molecule has 2 aromatic rings. The zero-order chi connectivity index (χ0) is 18.5. The number of para-hydroxylation sites is 2. The van der Waals surface area contributed by atoms with Crippen LogP contribution >= 0.6 is 0 Å². The van der Waals surface area contributed by atoms with Gasteiger partial charge in [-0.25, -0.2) is 4.39 Å². The fourth-order valence-corrected chi connectivity index (χ4v) is 2.93. The number of fused-ring (bicyclic) bond motifs is 1. The van der Waals surface area contributed by atoms with E-state index in [1.54, 1.807) is 12.1 Å². The van der Waals surface area contributed by atoms with Crippen molar-refractivity contribution in [2.45, 2.75) is 19.1 Å². The van der Waals surface area contributed by atoms with Crippen molar-refractivity contribution >= 4 is 5.91 Å². The van der Waals surface area contributed by atoms with Crippen molar-refractivity contribution in [1.29, 1.82) is 0 Å². The molecule has 1 heterocycles. The molecule has 1 N–H and O–H groups in total. The van der Waals surface area contributed by atoms with E-state index in [-0.39, 0.29) is 30.4 Å². The van der Waals surface area contributed by atoms with Crippen LogP contribution in [-0.2, 0) is 4.79 Å². The Hall–Kier alpha value is -2.60. The molecule has 26 heavy (non-hydrogen) atoms. The number of halogens is 1. The fourth-order valence-electron chi connectivity index (χ4n) is 2.93. The highest BCUT2D eigenvalue weighted by Gasteiger charge is 2.22. The van der Waals surface area contributed by atoms with E-state index >= 15 is 0 Å². The van der Waals surface area contributed by atoms with Crippen LogP contribution in [-0.4, -0.2) is 43.7 Å². The van der Waals surface area contributed by atoms with Crippen molar-refractivity contribution in [1.82, 2.24) is 10.2 Å². The zero-order valence-electron chi connectivity index (χ0n) is 14.9. The van der Waals surface area contributed by atoms with Gasteiger partial charge in [-0.1, -0.05) is 24.3 Å². The summed E-state index contributed by atoms with van der Waals surface area (Å²) in [5.74, 6) is 1.09. The first-order valence-electron chi connectivity index (χ1n) is 8.63. The Labute approximate surface area is 152 Å². The van der Waals surface area contributed by atoms with Crippen molar-refractivity contribution < 1.29 is 18.7 Å². The number of hydrogen-bond acceptors (Lipinski definition) is 4. The van der Waals surface area contributed by atoms with Gasteiger partial charge in [-0.15, -0.1) is 0 Å². The third kappa shape index (κ3) is 4.73. The second-order valence-corrected chi connectivity index (χ2v) is 6.54. The molecule has 2 unspecified atom stereocenters. The fraction of sp³-hybridized carbons (Fsp3) is 0.350. The van der Waals surface area contributed by atoms with Crippen LogP contribution in [0.25, 0.3) is 0 Å². The van der Waals surface area contributed by atoms with Crippen LogP contribution in [0.4, 0.5) is 4.39 Å². The lowest BCUT2D eigenvalue weighted by molar-refractivity contribution is -0.122. The molecule has 0 saturated carbocycles. The highest BCUT2D eigenvalue weighted by atomic mass is 19.1. The topological polar surface area (TPSA) is 50.8 Å². The summed E-state index contributed by atoms with van der Waals surface area (Å²) in [5, 5.41) is 2.92. The maximum absolute atomic E-state index is 13.0. The van der Waals surface area contributed by atoms with Crippen LogP contribution in [0.1, 0.15) is 18.5 Å². The molecule has 3 rings (SSSR count). The van der Waals surface area contributed by atoms with Crippen molar-refractivity contribution in [3.05, 3.63) is 59.9 Å². The molecule has 0 spiro atoms. The van der Waals surface area contributed by atoms with E-state index in [0.717, 1.165) is 17.1 Å². The highest BCUT2D eigenvalue weighted by molar-refractivity contribution is 5.78. The van der Waals surface area contributed by atoms with E-state index in [1.165, 1.54) is 12.1 Å². The third-order valence-electron chi connectivity index (χ3n) is 4.24. The second-order valence-electron chi connectivity index (χ2n) is 6.54. The van der Waals surface area contributed by atoms with Crippen LogP contribution in [0.15, 0.2) is 48.5 Å². The number of hydrogen-bond donors (Lipinski definition) is 1. The van der Waals surface area contributed by atoms with Gasteiger partial charge in [-0.2, -0.15) is 0 Å². The van der Waals surface area contributed by atoms with E-state index in [2.05, 4.69) is 5.32 Å². The molecule has 0 bridgehead atoms. The molecule has 1 aliphatic heterocycles. The van der Waals surface area contributed by atoms with Gasteiger partial charge in [0.25, 0.3) is 0 Å². The van der Waals surface area contributed by atoms with E-state index in [1.807, 2.05) is 43.1 Å². The number of ether oxygens (including phenoxy) is 2. The number of amides is 1. The zero-order valence-corrected chi connectivity index (χ0v) is 14.9. The van der Waals surface area contributed by atoms with Gasteiger partial charge in [0.2, 0.25) is 5.91 Å². The lowest BCUT2D eigenvalue weighted by atomic mass is 10.1. The number of nitrogens with one attached hydrogen (secondary N) is 1. The summed E-state index contributed by atoms with van der Waals surface area (Å²) in [6.45, 7) is 3.15. The van der Waals surface area contributed by atoms with Gasteiger partial charge in [0.05, 0.1) is 12.6 Å². The summed E-state index contributed by atoms with van der Waals surface area (Å²) in [6, 6.07) is 13.5. The maximum Gasteiger partial charge on any atom is 0.234 e. The second kappa shape index (κ2) is 8.19. The van der Waals surface area contributed by atoms with Gasteiger partial charge in [0.15, 0.2) is 11.5 Å². The summed E-state index contributed by atoms with van der Waals surface area (Å²) in [4.78, 5) is 14.1. The van der Waals surface area contributed by atoms with Crippen LogP contribution in [0.3, 0.4) is 0 Å². The van der Waals surface area contributed by atoms with Crippen LogP contribution in [0, 0.1) is 5.82 Å². The van der Waals surface area contributed by atoms with Crippen LogP contribution in [0.2, 0.25) is 0 Å². The highest BCUT2D eigenvalue weighted by Crippen LogP contribution is 2.30. The monoisotopic (exact) mass is 358 g/mol. The van der Waals surface area contributed by atoms with Gasteiger partial charge in [0, 0.05) is 6.54 Å². The van der Waals surface area contributed by atoms with E-state index in [4.69, 9.17) is 9.47 Å². The van der Waals surface area contributed by atoms with Crippen molar-refractivity contribution in [2.24, 2.45) is 0 Å². The minimum Gasteiger partial charge on any atom is -0.486 e.